The van der Waals surface area contributed by atoms with Gasteiger partial charge in [0, 0.05) is 17.0 Å². The van der Waals surface area contributed by atoms with E-state index < -0.39 is 0 Å². The smallest absolute Gasteiger partial charge is 0.289 e. The van der Waals surface area contributed by atoms with E-state index in [1.807, 2.05) is 18.2 Å². The Kier molecular flexibility index (Phi) is 4.30. The fraction of sp³-hybridized carbons (Fsp3) is 0.368. The number of nitrogens with one attached hydrogen (secondary N) is 1. The first-order valence-corrected chi connectivity index (χ1v) is 8.10. The van der Waals surface area contributed by atoms with Gasteiger partial charge >= 0.3 is 0 Å². The molecule has 124 valence electrons. The summed E-state index contributed by atoms with van der Waals surface area (Å²) in [6, 6.07) is 7.99. The van der Waals surface area contributed by atoms with Gasteiger partial charge in [-0.2, -0.15) is 5.26 Å². The summed E-state index contributed by atoms with van der Waals surface area (Å²) in [5, 5.41) is 9.65. The predicted octanol–water partition coefficient (Wildman–Crippen LogP) is 3.08. The van der Waals surface area contributed by atoms with Gasteiger partial charge in [-0.15, -0.1) is 0 Å². The van der Waals surface area contributed by atoms with Crippen molar-refractivity contribution >= 4 is 5.82 Å². The Morgan fingerprint density at radius 3 is 2.67 bits per heavy atom. The lowest BCUT2D eigenvalue weighted by molar-refractivity contribution is -0.377. The summed E-state index contributed by atoms with van der Waals surface area (Å²) in [6.45, 7) is 2.19. The van der Waals surface area contributed by atoms with E-state index in [-0.39, 0.29) is 0 Å². The molecule has 3 rings (SSSR count). The maximum Gasteiger partial charge on any atom is 0.289 e. The number of methoxy groups -OCH3 is 2. The number of nitrogen functional groups attached to an aromatic ring is 1. The third kappa shape index (κ3) is 2.54. The van der Waals surface area contributed by atoms with Gasteiger partial charge in [-0.1, -0.05) is 13.0 Å². The zero-order valence-electron chi connectivity index (χ0n) is 14.3. The third-order valence-corrected chi connectivity index (χ3v) is 4.76. The third-order valence-electron chi connectivity index (χ3n) is 4.76. The average molecular weight is 324 g/mol. The molecule has 2 aromatic rings. The summed E-state index contributed by atoms with van der Waals surface area (Å²) >= 11 is 0. The van der Waals surface area contributed by atoms with Crippen molar-refractivity contribution in [2.75, 3.05) is 20.0 Å². The fourth-order valence-electron chi connectivity index (χ4n) is 3.54. The van der Waals surface area contributed by atoms with E-state index in [4.69, 9.17) is 15.2 Å². The molecule has 0 amide bonds. The summed E-state index contributed by atoms with van der Waals surface area (Å²) in [6.07, 6.45) is 3.17. The highest BCUT2D eigenvalue weighted by molar-refractivity contribution is 5.79. The van der Waals surface area contributed by atoms with Crippen molar-refractivity contribution in [3.8, 4) is 28.7 Å². The molecular weight excluding hydrogens is 302 g/mol. The highest BCUT2D eigenvalue weighted by Gasteiger charge is 2.28. The number of hydrogen-bond donors (Lipinski definition) is 1. The highest BCUT2D eigenvalue weighted by Crippen LogP contribution is 2.40. The summed E-state index contributed by atoms with van der Waals surface area (Å²) in [4.78, 5) is 3.26. The van der Waals surface area contributed by atoms with Crippen LogP contribution in [0.2, 0.25) is 0 Å². The number of benzene rings is 1. The maximum atomic E-state index is 9.65. The molecule has 0 fully saturated rings. The molecule has 1 atom stereocenters. The number of nitrogens with zero attached hydrogens (tertiary/aromatic N) is 1. The molecule has 1 aromatic carbocycles. The predicted molar refractivity (Wildman–Crippen MR) is 92.0 cm³/mol. The molecule has 0 aliphatic heterocycles. The summed E-state index contributed by atoms with van der Waals surface area (Å²) in [5.41, 5.74) is 10.8. The summed E-state index contributed by atoms with van der Waals surface area (Å²) in [5.74, 6) is 2.14. The molecule has 0 bridgehead atoms. The second kappa shape index (κ2) is 6.40. The first kappa shape index (κ1) is 16.1. The van der Waals surface area contributed by atoms with Crippen LogP contribution in [0.25, 0.3) is 11.1 Å². The van der Waals surface area contributed by atoms with E-state index >= 15 is 0 Å². The van der Waals surface area contributed by atoms with Crippen molar-refractivity contribution in [1.29, 1.82) is 5.26 Å². The minimum atomic E-state index is 0.405. The first-order chi connectivity index (χ1) is 11.6. The zero-order chi connectivity index (χ0) is 17.3. The number of nitriles is 1. The molecule has 0 saturated carbocycles. The van der Waals surface area contributed by atoms with Crippen LogP contribution in [0.4, 0.5) is 5.82 Å². The van der Waals surface area contributed by atoms with Gasteiger partial charge in [0.2, 0.25) is 0 Å². The Hall–Kier alpha value is -2.74. The van der Waals surface area contributed by atoms with E-state index in [0.717, 1.165) is 36.1 Å². The zero-order valence-corrected chi connectivity index (χ0v) is 14.3. The van der Waals surface area contributed by atoms with Gasteiger partial charge in [-0.3, -0.25) is 5.73 Å². The molecule has 1 aromatic heterocycles. The van der Waals surface area contributed by atoms with Crippen LogP contribution in [0.1, 0.15) is 42.5 Å². The fourth-order valence-corrected chi connectivity index (χ4v) is 3.54. The number of fused-ring (bicyclic) bond motifs is 1. The van der Waals surface area contributed by atoms with Crippen LogP contribution in [-0.4, -0.2) is 14.2 Å². The SMILES string of the molecule is COc1ccc(-c2c(C#N)c(N)[nH+]c3c2CCC[C@H]3C)cc1OC. The van der Waals surface area contributed by atoms with Crippen LogP contribution in [0.15, 0.2) is 18.2 Å². The maximum absolute atomic E-state index is 9.65. The van der Waals surface area contributed by atoms with Gasteiger partial charge in [-0.05, 0) is 37.0 Å². The molecule has 0 unspecified atom stereocenters. The molecular formula is C19H22N3O2+. The number of rotatable bonds is 3. The Labute approximate surface area is 142 Å². The summed E-state index contributed by atoms with van der Waals surface area (Å²) < 4.78 is 10.7. The van der Waals surface area contributed by atoms with Gasteiger partial charge < -0.3 is 9.47 Å². The minimum absolute atomic E-state index is 0.405. The van der Waals surface area contributed by atoms with E-state index in [2.05, 4.69) is 18.0 Å². The standard InChI is InChI=1S/C19H21N3O2/c1-11-5-4-6-13-17(14(10-20)19(21)22-18(11)13)12-7-8-15(23-2)16(9-12)24-3/h7-9,11H,4-6H2,1-3H3,(H2,21,22)/p+1/t11-/m1/s1. The Balaban J connectivity index is 2.29. The number of ether oxygens (including phenoxy) is 2. The molecule has 0 spiro atoms. The first-order valence-electron chi connectivity index (χ1n) is 8.10. The van der Waals surface area contributed by atoms with Crippen molar-refractivity contribution in [1.82, 2.24) is 0 Å². The van der Waals surface area contributed by atoms with Crippen LogP contribution in [0.3, 0.4) is 0 Å². The molecule has 5 nitrogen and oxygen atoms in total. The van der Waals surface area contributed by atoms with Crippen molar-refractivity contribution in [3.63, 3.8) is 0 Å². The number of hydrogen-bond acceptors (Lipinski definition) is 4. The van der Waals surface area contributed by atoms with Gasteiger partial charge in [0.1, 0.15) is 17.3 Å². The monoisotopic (exact) mass is 324 g/mol. The van der Waals surface area contributed by atoms with E-state index in [9.17, 15) is 5.26 Å². The lowest BCUT2D eigenvalue weighted by atomic mass is 9.82. The Morgan fingerprint density at radius 1 is 1.25 bits per heavy atom. The largest absolute Gasteiger partial charge is 0.493 e. The molecule has 1 aliphatic carbocycles. The quantitative estimate of drug-likeness (QED) is 0.940. The Morgan fingerprint density at radius 2 is 2.00 bits per heavy atom. The number of H-pyrrole nitrogens is 1. The number of aromatic nitrogens is 1. The van der Waals surface area contributed by atoms with Crippen molar-refractivity contribution < 1.29 is 14.5 Å². The second-order valence-electron chi connectivity index (χ2n) is 6.16. The summed E-state index contributed by atoms with van der Waals surface area (Å²) in [7, 11) is 3.22. The van der Waals surface area contributed by atoms with E-state index in [0.29, 0.717) is 28.8 Å². The molecule has 1 heterocycles. The number of pyridine rings is 1. The second-order valence-corrected chi connectivity index (χ2v) is 6.16. The van der Waals surface area contributed by atoms with E-state index in [1.165, 1.54) is 5.56 Å². The van der Waals surface area contributed by atoms with Crippen LogP contribution in [0, 0.1) is 11.3 Å². The molecule has 0 radical (unpaired) electrons. The molecule has 5 heteroatoms. The minimum Gasteiger partial charge on any atom is -0.493 e. The van der Waals surface area contributed by atoms with Crippen molar-refractivity contribution in [2.45, 2.75) is 32.1 Å². The number of aromatic amines is 1. The average Bonchev–Trinajstić information content (AvgIpc) is 2.61. The molecule has 1 aliphatic rings. The van der Waals surface area contributed by atoms with Crippen LogP contribution in [0.5, 0.6) is 11.5 Å². The number of anilines is 1. The highest BCUT2D eigenvalue weighted by atomic mass is 16.5. The van der Waals surface area contributed by atoms with E-state index in [1.54, 1.807) is 14.2 Å². The number of nitrogens with two attached hydrogens (primary N) is 1. The van der Waals surface area contributed by atoms with Gasteiger partial charge in [0.05, 0.1) is 14.2 Å². The van der Waals surface area contributed by atoms with Crippen molar-refractivity contribution in [2.24, 2.45) is 0 Å². The lowest BCUT2D eigenvalue weighted by Crippen LogP contribution is -2.26. The topological polar surface area (TPSA) is 82.4 Å². The van der Waals surface area contributed by atoms with Gasteiger partial charge in [0.15, 0.2) is 11.5 Å². The van der Waals surface area contributed by atoms with Gasteiger partial charge in [-0.25, -0.2) is 4.98 Å². The Bertz CT molecular complexity index is 824. The lowest BCUT2D eigenvalue weighted by Gasteiger charge is -2.23. The van der Waals surface area contributed by atoms with Crippen molar-refractivity contribution in [3.05, 3.63) is 35.0 Å². The van der Waals surface area contributed by atoms with Crippen LogP contribution < -0.4 is 20.2 Å². The molecule has 24 heavy (non-hydrogen) atoms. The van der Waals surface area contributed by atoms with Crippen LogP contribution >= 0.6 is 0 Å². The van der Waals surface area contributed by atoms with Crippen LogP contribution in [-0.2, 0) is 6.42 Å². The normalized spacial score (nSPS) is 16.2. The van der Waals surface area contributed by atoms with Gasteiger partial charge in [0.25, 0.3) is 5.82 Å². The molecule has 3 N–H and O–H groups in total. The molecule has 0 saturated heterocycles.